The maximum Gasteiger partial charge on any atom is 0.220 e. The van der Waals surface area contributed by atoms with Gasteiger partial charge in [-0.3, -0.25) is 9.78 Å². The number of hydrogen-bond donors (Lipinski definition) is 2. The summed E-state index contributed by atoms with van der Waals surface area (Å²) in [5.74, 6) is -0.0308. The number of carbonyl (C=O) groups is 1. The van der Waals surface area contributed by atoms with Crippen LogP contribution in [-0.2, 0) is 16.0 Å². The van der Waals surface area contributed by atoms with E-state index in [9.17, 15) is 9.90 Å². The predicted molar refractivity (Wildman–Crippen MR) is 70.6 cm³/mol. The molecular formula is C14H20N2O3. The van der Waals surface area contributed by atoms with E-state index in [1.807, 2.05) is 12.1 Å². The van der Waals surface area contributed by atoms with Crippen molar-refractivity contribution in [2.75, 3.05) is 19.8 Å². The second kappa shape index (κ2) is 6.63. The molecular weight excluding hydrogens is 244 g/mol. The summed E-state index contributed by atoms with van der Waals surface area (Å²) in [5.41, 5.74) is 0.292. The van der Waals surface area contributed by atoms with Gasteiger partial charge in [0.1, 0.15) is 0 Å². The van der Waals surface area contributed by atoms with Gasteiger partial charge in [-0.1, -0.05) is 0 Å². The number of nitrogens with one attached hydrogen (secondary N) is 1. The molecule has 2 rings (SSSR count). The van der Waals surface area contributed by atoms with E-state index in [1.54, 1.807) is 12.4 Å². The summed E-state index contributed by atoms with van der Waals surface area (Å²) in [6.07, 6.45) is 5.72. The molecule has 19 heavy (non-hydrogen) atoms. The van der Waals surface area contributed by atoms with Crippen LogP contribution in [0.15, 0.2) is 24.5 Å². The molecule has 0 unspecified atom stereocenters. The van der Waals surface area contributed by atoms with Crippen molar-refractivity contribution in [3.8, 4) is 0 Å². The first kappa shape index (κ1) is 14.0. The number of carbonyl (C=O) groups excluding carboxylic acids is 1. The summed E-state index contributed by atoms with van der Waals surface area (Å²) in [4.78, 5) is 15.7. The molecule has 0 radical (unpaired) electrons. The van der Waals surface area contributed by atoms with E-state index in [0.717, 1.165) is 5.56 Å². The molecule has 1 aliphatic heterocycles. The number of aliphatic hydroxyl groups is 1. The fourth-order valence-corrected chi connectivity index (χ4v) is 2.09. The van der Waals surface area contributed by atoms with Crippen LogP contribution in [-0.4, -0.2) is 41.4 Å². The highest BCUT2D eigenvalue weighted by molar-refractivity contribution is 5.76. The number of hydrogen-bond acceptors (Lipinski definition) is 4. The number of amides is 1. The van der Waals surface area contributed by atoms with Crippen LogP contribution in [0, 0.1) is 0 Å². The van der Waals surface area contributed by atoms with Crippen LogP contribution in [0.1, 0.15) is 24.8 Å². The van der Waals surface area contributed by atoms with Crippen molar-refractivity contribution in [2.45, 2.75) is 31.3 Å². The van der Waals surface area contributed by atoms with Crippen molar-refractivity contribution >= 4 is 5.91 Å². The molecule has 0 saturated carbocycles. The van der Waals surface area contributed by atoms with Crippen LogP contribution in [0.5, 0.6) is 0 Å². The van der Waals surface area contributed by atoms with Crippen molar-refractivity contribution in [3.63, 3.8) is 0 Å². The molecule has 0 aliphatic carbocycles. The Bertz CT molecular complexity index is 402. The Morgan fingerprint density at radius 3 is 2.74 bits per heavy atom. The third-order valence-electron chi connectivity index (χ3n) is 3.43. The Labute approximate surface area is 113 Å². The summed E-state index contributed by atoms with van der Waals surface area (Å²) in [5, 5.41) is 13.0. The Morgan fingerprint density at radius 2 is 2.05 bits per heavy atom. The first-order chi connectivity index (χ1) is 9.18. The van der Waals surface area contributed by atoms with E-state index in [2.05, 4.69) is 10.3 Å². The van der Waals surface area contributed by atoms with E-state index >= 15 is 0 Å². The molecule has 1 aromatic heterocycles. The molecule has 5 nitrogen and oxygen atoms in total. The lowest BCUT2D eigenvalue weighted by molar-refractivity contribution is -0.123. The Morgan fingerprint density at radius 1 is 1.37 bits per heavy atom. The van der Waals surface area contributed by atoms with Gasteiger partial charge in [0.2, 0.25) is 5.91 Å². The second-order valence-electron chi connectivity index (χ2n) is 4.97. The van der Waals surface area contributed by atoms with E-state index < -0.39 is 5.60 Å². The number of rotatable bonds is 5. The lowest BCUT2D eigenvalue weighted by Gasteiger charge is -2.32. The van der Waals surface area contributed by atoms with Gasteiger partial charge in [-0.25, -0.2) is 0 Å². The Kier molecular flexibility index (Phi) is 4.87. The molecule has 0 spiro atoms. The van der Waals surface area contributed by atoms with E-state index in [-0.39, 0.29) is 5.91 Å². The number of pyridine rings is 1. The van der Waals surface area contributed by atoms with Gasteiger partial charge in [-0.15, -0.1) is 0 Å². The minimum atomic E-state index is -0.801. The molecule has 2 heterocycles. The van der Waals surface area contributed by atoms with Crippen LogP contribution in [0.2, 0.25) is 0 Å². The fourth-order valence-electron chi connectivity index (χ4n) is 2.09. The average molecular weight is 264 g/mol. The molecule has 0 aromatic carbocycles. The fraction of sp³-hybridized carbons (Fsp3) is 0.571. The van der Waals surface area contributed by atoms with Crippen LogP contribution in [0.25, 0.3) is 0 Å². The molecule has 2 N–H and O–H groups in total. The summed E-state index contributed by atoms with van der Waals surface area (Å²) >= 11 is 0. The molecule has 0 atom stereocenters. The summed E-state index contributed by atoms with van der Waals surface area (Å²) in [6.45, 7) is 1.43. The van der Waals surface area contributed by atoms with Crippen molar-refractivity contribution in [2.24, 2.45) is 0 Å². The third-order valence-corrected chi connectivity index (χ3v) is 3.43. The minimum absolute atomic E-state index is 0.0308. The maximum absolute atomic E-state index is 11.7. The summed E-state index contributed by atoms with van der Waals surface area (Å²) in [6, 6.07) is 3.80. The highest BCUT2D eigenvalue weighted by atomic mass is 16.5. The third kappa shape index (κ3) is 4.61. The van der Waals surface area contributed by atoms with Crippen LogP contribution >= 0.6 is 0 Å². The van der Waals surface area contributed by atoms with Crippen molar-refractivity contribution in [1.82, 2.24) is 10.3 Å². The van der Waals surface area contributed by atoms with Crippen LogP contribution < -0.4 is 5.32 Å². The van der Waals surface area contributed by atoms with Crippen LogP contribution in [0.4, 0.5) is 0 Å². The zero-order valence-electron chi connectivity index (χ0n) is 11.0. The van der Waals surface area contributed by atoms with Gasteiger partial charge in [0.05, 0.1) is 5.60 Å². The van der Waals surface area contributed by atoms with Crippen molar-refractivity contribution < 1.29 is 14.6 Å². The number of aryl methyl sites for hydroxylation is 1. The molecule has 1 aliphatic rings. The molecule has 104 valence electrons. The molecule has 1 fully saturated rings. The predicted octanol–water partition coefficient (Wildman–Crippen LogP) is 0.672. The highest BCUT2D eigenvalue weighted by Gasteiger charge is 2.29. The first-order valence-corrected chi connectivity index (χ1v) is 6.64. The van der Waals surface area contributed by atoms with E-state index in [0.29, 0.717) is 45.4 Å². The lowest BCUT2D eigenvalue weighted by atomic mass is 9.94. The monoisotopic (exact) mass is 264 g/mol. The van der Waals surface area contributed by atoms with E-state index in [1.165, 1.54) is 0 Å². The minimum Gasteiger partial charge on any atom is -0.388 e. The second-order valence-corrected chi connectivity index (χ2v) is 4.97. The zero-order chi connectivity index (χ0) is 13.6. The molecule has 1 saturated heterocycles. The molecule has 0 bridgehead atoms. The smallest absolute Gasteiger partial charge is 0.220 e. The van der Waals surface area contributed by atoms with Crippen molar-refractivity contribution in [1.29, 1.82) is 0 Å². The van der Waals surface area contributed by atoms with Gasteiger partial charge < -0.3 is 15.2 Å². The topological polar surface area (TPSA) is 71.5 Å². The Hall–Kier alpha value is -1.46. The van der Waals surface area contributed by atoms with Gasteiger partial charge in [0.15, 0.2) is 0 Å². The quantitative estimate of drug-likeness (QED) is 0.820. The van der Waals surface area contributed by atoms with Crippen LogP contribution in [0.3, 0.4) is 0 Å². The lowest BCUT2D eigenvalue weighted by Crippen LogP contribution is -2.46. The molecule has 1 aromatic rings. The number of aromatic nitrogens is 1. The largest absolute Gasteiger partial charge is 0.388 e. The van der Waals surface area contributed by atoms with Gasteiger partial charge in [-0.2, -0.15) is 0 Å². The van der Waals surface area contributed by atoms with Gasteiger partial charge in [-0.05, 0) is 24.1 Å². The summed E-state index contributed by atoms with van der Waals surface area (Å²) < 4.78 is 5.20. The first-order valence-electron chi connectivity index (χ1n) is 6.64. The zero-order valence-corrected chi connectivity index (χ0v) is 11.0. The number of ether oxygens (including phenoxy) is 1. The SMILES string of the molecule is O=C(CCc1ccncc1)NCC1(O)CCOCC1. The van der Waals surface area contributed by atoms with Gasteiger partial charge in [0.25, 0.3) is 0 Å². The summed E-state index contributed by atoms with van der Waals surface area (Å²) in [7, 11) is 0. The molecule has 1 amide bonds. The normalized spacial score (nSPS) is 17.9. The number of nitrogens with zero attached hydrogens (tertiary/aromatic N) is 1. The Balaban J connectivity index is 1.70. The van der Waals surface area contributed by atoms with Gasteiger partial charge >= 0.3 is 0 Å². The standard InChI is InChI=1S/C14H20N2O3/c17-13(2-1-12-3-7-15-8-4-12)16-11-14(18)5-9-19-10-6-14/h3-4,7-8,18H,1-2,5-6,9-11H2,(H,16,17). The van der Waals surface area contributed by atoms with E-state index in [4.69, 9.17) is 4.74 Å². The highest BCUT2D eigenvalue weighted by Crippen LogP contribution is 2.19. The maximum atomic E-state index is 11.7. The van der Waals surface area contributed by atoms with Gasteiger partial charge in [0, 0.05) is 51.4 Å². The average Bonchev–Trinajstić information content (AvgIpc) is 2.45. The van der Waals surface area contributed by atoms with Crippen molar-refractivity contribution in [3.05, 3.63) is 30.1 Å². The molecule has 5 heteroatoms.